The van der Waals surface area contributed by atoms with Crippen molar-refractivity contribution in [1.82, 2.24) is 4.57 Å². The van der Waals surface area contributed by atoms with Crippen molar-refractivity contribution in [2.45, 2.75) is 6.92 Å². The van der Waals surface area contributed by atoms with Gasteiger partial charge in [-0.1, -0.05) is 29.8 Å². The molecule has 0 amide bonds. The van der Waals surface area contributed by atoms with E-state index in [9.17, 15) is 5.11 Å². The van der Waals surface area contributed by atoms with E-state index in [1.165, 1.54) is 0 Å². The molecule has 3 rings (SSSR count). The highest BCUT2D eigenvalue weighted by Gasteiger charge is 2.11. The van der Waals surface area contributed by atoms with Crippen molar-refractivity contribution in [3.63, 3.8) is 0 Å². The van der Waals surface area contributed by atoms with Gasteiger partial charge >= 0.3 is 0 Å². The van der Waals surface area contributed by atoms with Crippen molar-refractivity contribution < 1.29 is 5.11 Å². The number of rotatable bonds is 2. The van der Waals surface area contributed by atoms with Gasteiger partial charge in [-0.3, -0.25) is 4.99 Å². The maximum Gasteiger partial charge on any atom is 0.200 e. The first-order chi connectivity index (χ1) is 10.1. The van der Waals surface area contributed by atoms with E-state index in [1.807, 2.05) is 56.4 Å². The number of aryl methyl sites for hydroxylation is 2. The summed E-state index contributed by atoms with van der Waals surface area (Å²) in [4.78, 5) is 4.48. The minimum atomic E-state index is 0.214. The summed E-state index contributed by atoms with van der Waals surface area (Å²) in [5.41, 5.74) is 3.54. The molecule has 1 aromatic heterocycles. The van der Waals surface area contributed by atoms with E-state index in [4.69, 9.17) is 11.6 Å². The molecular formula is C17H15ClN2O. The predicted molar refractivity (Wildman–Crippen MR) is 88.0 cm³/mol. The Labute approximate surface area is 128 Å². The predicted octanol–water partition coefficient (Wildman–Crippen LogP) is 4.60. The summed E-state index contributed by atoms with van der Waals surface area (Å²) < 4.78 is 1.76. The maximum absolute atomic E-state index is 10.3. The van der Waals surface area contributed by atoms with Crippen LogP contribution in [0.15, 0.2) is 47.5 Å². The van der Waals surface area contributed by atoms with E-state index in [2.05, 4.69) is 4.99 Å². The lowest BCUT2D eigenvalue weighted by molar-refractivity contribution is 0.434. The standard InChI is InChI=1S/C17H15ClN2O/c1-11-9-12(18)7-8-15(11)19-10-14-13-5-3-4-6-16(13)20(2)17(14)21/h3-10,21H,1-2H3. The van der Waals surface area contributed by atoms with Crippen molar-refractivity contribution in [1.29, 1.82) is 0 Å². The zero-order valence-corrected chi connectivity index (χ0v) is 12.6. The van der Waals surface area contributed by atoms with Crippen LogP contribution >= 0.6 is 11.6 Å². The summed E-state index contributed by atoms with van der Waals surface area (Å²) in [5.74, 6) is 0.214. The molecule has 0 bridgehead atoms. The molecule has 3 nitrogen and oxygen atoms in total. The number of fused-ring (bicyclic) bond motifs is 1. The molecule has 0 aliphatic heterocycles. The summed E-state index contributed by atoms with van der Waals surface area (Å²) in [6.07, 6.45) is 1.70. The second kappa shape index (κ2) is 5.26. The second-order valence-corrected chi connectivity index (χ2v) is 5.44. The first-order valence-corrected chi connectivity index (χ1v) is 7.02. The van der Waals surface area contributed by atoms with E-state index in [1.54, 1.807) is 10.8 Å². The van der Waals surface area contributed by atoms with Crippen LogP contribution in [-0.4, -0.2) is 15.9 Å². The van der Waals surface area contributed by atoms with Gasteiger partial charge in [0.05, 0.1) is 16.8 Å². The molecule has 1 heterocycles. The van der Waals surface area contributed by atoms with Crippen molar-refractivity contribution >= 4 is 34.4 Å². The summed E-state index contributed by atoms with van der Waals surface area (Å²) in [7, 11) is 1.84. The average Bonchev–Trinajstić information content (AvgIpc) is 2.71. The number of nitrogens with zero attached hydrogens (tertiary/aromatic N) is 2. The summed E-state index contributed by atoms with van der Waals surface area (Å²) >= 11 is 5.95. The molecule has 0 radical (unpaired) electrons. The zero-order chi connectivity index (χ0) is 15.0. The average molecular weight is 299 g/mol. The van der Waals surface area contributed by atoms with Crippen LogP contribution in [0.3, 0.4) is 0 Å². The molecule has 0 unspecified atom stereocenters. The lowest BCUT2D eigenvalue weighted by Gasteiger charge is -2.00. The van der Waals surface area contributed by atoms with Gasteiger partial charge in [-0.25, -0.2) is 0 Å². The number of aliphatic imine (C=N–C) groups is 1. The van der Waals surface area contributed by atoms with Crippen LogP contribution in [0.1, 0.15) is 11.1 Å². The highest BCUT2D eigenvalue weighted by atomic mass is 35.5. The topological polar surface area (TPSA) is 37.5 Å². The summed E-state index contributed by atoms with van der Waals surface area (Å²) in [6.45, 7) is 1.96. The fourth-order valence-corrected chi connectivity index (χ4v) is 2.66. The number of halogens is 1. The van der Waals surface area contributed by atoms with E-state index in [0.29, 0.717) is 5.02 Å². The molecule has 0 atom stereocenters. The Hall–Kier alpha value is -2.26. The van der Waals surface area contributed by atoms with E-state index < -0.39 is 0 Å². The molecule has 2 aromatic carbocycles. The van der Waals surface area contributed by atoms with Gasteiger partial charge in [0.1, 0.15) is 0 Å². The normalized spacial score (nSPS) is 11.6. The first kappa shape index (κ1) is 13.7. The van der Waals surface area contributed by atoms with E-state index in [0.717, 1.165) is 27.7 Å². The van der Waals surface area contributed by atoms with Crippen molar-refractivity contribution in [2.24, 2.45) is 12.0 Å². The molecule has 0 aliphatic carbocycles. The Bertz CT molecular complexity index is 849. The number of hydrogen-bond acceptors (Lipinski definition) is 2. The number of aromatic nitrogens is 1. The van der Waals surface area contributed by atoms with Crippen LogP contribution in [0.2, 0.25) is 5.02 Å². The molecule has 0 saturated heterocycles. The molecule has 4 heteroatoms. The third kappa shape index (κ3) is 2.41. The molecule has 0 saturated carbocycles. The number of para-hydroxylation sites is 1. The smallest absolute Gasteiger partial charge is 0.200 e. The van der Waals surface area contributed by atoms with Crippen LogP contribution in [0, 0.1) is 6.92 Å². The van der Waals surface area contributed by atoms with Gasteiger partial charge in [0, 0.05) is 23.7 Å². The van der Waals surface area contributed by atoms with Crippen molar-refractivity contribution in [3.8, 4) is 5.88 Å². The quantitative estimate of drug-likeness (QED) is 0.690. The largest absolute Gasteiger partial charge is 0.494 e. The molecular weight excluding hydrogens is 284 g/mol. The number of benzene rings is 2. The molecule has 0 spiro atoms. The van der Waals surface area contributed by atoms with Crippen LogP contribution in [-0.2, 0) is 7.05 Å². The van der Waals surface area contributed by atoms with Gasteiger partial charge in [0.2, 0.25) is 5.88 Å². The van der Waals surface area contributed by atoms with Gasteiger partial charge in [0.25, 0.3) is 0 Å². The monoisotopic (exact) mass is 298 g/mol. The molecule has 106 valence electrons. The van der Waals surface area contributed by atoms with Crippen molar-refractivity contribution in [2.75, 3.05) is 0 Å². The molecule has 0 fully saturated rings. The fraction of sp³-hybridized carbons (Fsp3) is 0.118. The maximum atomic E-state index is 10.3. The molecule has 21 heavy (non-hydrogen) atoms. The SMILES string of the molecule is Cc1cc(Cl)ccc1N=Cc1c(O)n(C)c2ccccc12. The second-order valence-electron chi connectivity index (χ2n) is 5.00. The van der Waals surface area contributed by atoms with E-state index >= 15 is 0 Å². The van der Waals surface area contributed by atoms with Gasteiger partial charge in [-0.05, 0) is 36.8 Å². The first-order valence-electron chi connectivity index (χ1n) is 6.64. The van der Waals surface area contributed by atoms with Crippen LogP contribution in [0.4, 0.5) is 5.69 Å². The Kier molecular flexibility index (Phi) is 3.43. The molecule has 3 aromatic rings. The third-order valence-electron chi connectivity index (χ3n) is 3.61. The van der Waals surface area contributed by atoms with Crippen molar-refractivity contribution in [3.05, 3.63) is 58.6 Å². The summed E-state index contributed by atoms with van der Waals surface area (Å²) in [5, 5.41) is 11.9. The van der Waals surface area contributed by atoms with Crippen LogP contribution < -0.4 is 0 Å². The minimum Gasteiger partial charge on any atom is -0.494 e. The Morgan fingerprint density at radius 1 is 1.19 bits per heavy atom. The van der Waals surface area contributed by atoms with Gasteiger partial charge in [0.15, 0.2) is 0 Å². The lowest BCUT2D eigenvalue weighted by Crippen LogP contribution is -1.86. The highest BCUT2D eigenvalue weighted by molar-refractivity contribution is 6.30. The van der Waals surface area contributed by atoms with Gasteiger partial charge in [-0.2, -0.15) is 0 Å². The number of aromatic hydroxyl groups is 1. The zero-order valence-electron chi connectivity index (χ0n) is 11.8. The molecule has 1 N–H and O–H groups in total. The van der Waals surface area contributed by atoms with Gasteiger partial charge < -0.3 is 9.67 Å². The Balaban J connectivity index is 2.09. The Morgan fingerprint density at radius 2 is 1.95 bits per heavy atom. The Morgan fingerprint density at radius 3 is 2.71 bits per heavy atom. The molecule has 0 aliphatic rings. The van der Waals surface area contributed by atoms with Crippen LogP contribution in [0.25, 0.3) is 10.9 Å². The number of hydrogen-bond donors (Lipinski definition) is 1. The third-order valence-corrected chi connectivity index (χ3v) is 3.84. The van der Waals surface area contributed by atoms with Crippen LogP contribution in [0.5, 0.6) is 5.88 Å². The lowest BCUT2D eigenvalue weighted by atomic mass is 10.2. The highest BCUT2D eigenvalue weighted by Crippen LogP contribution is 2.29. The van der Waals surface area contributed by atoms with E-state index in [-0.39, 0.29) is 5.88 Å². The summed E-state index contributed by atoms with van der Waals surface area (Å²) in [6, 6.07) is 13.4. The fourth-order valence-electron chi connectivity index (χ4n) is 2.43. The van der Waals surface area contributed by atoms with Gasteiger partial charge in [-0.15, -0.1) is 0 Å². The minimum absolute atomic E-state index is 0.214.